The standard InChI is InChI=1S/C14H17N3O3/c1-17-10(6-7-16-17)9-15-14(18)12-5-4-11(19-2)8-13(12)20-3/h4-8H,9H2,1-3H3,(H,15,18). The first-order chi connectivity index (χ1) is 9.65. The van der Waals surface area contributed by atoms with E-state index in [1.165, 1.54) is 7.11 Å². The van der Waals surface area contributed by atoms with E-state index in [0.717, 1.165) is 5.69 Å². The molecule has 106 valence electrons. The van der Waals surface area contributed by atoms with Gasteiger partial charge in [0.2, 0.25) is 0 Å². The summed E-state index contributed by atoms with van der Waals surface area (Å²) in [7, 11) is 4.92. The van der Waals surface area contributed by atoms with E-state index in [0.29, 0.717) is 23.6 Å². The fourth-order valence-electron chi connectivity index (χ4n) is 1.83. The number of carbonyl (C=O) groups is 1. The highest BCUT2D eigenvalue weighted by molar-refractivity contribution is 5.97. The highest BCUT2D eigenvalue weighted by Crippen LogP contribution is 2.24. The van der Waals surface area contributed by atoms with E-state index in [1.807, 2.05) is 13.1 Å². The SMILES string of the molecule is COc1ccc(C(=O)NCc2ccnn2C)c(OC)c1. The van der Waals surface area contributed by atoms with Crippen LogP contribution < -0.4 is 14.8 Å². The second kappa shape index (κ2) is 6.10. The summed E-state index contributed by atoms with van der Waals surface area (Å²) in [6, 6.07) is 6.93. The molecule has 0 aliphatic rings. The number of benzene rings is 1. The number of nitrogens with one attached hydrogen (secondary N) is 1. The van der Waals surface area contributed by atoms with E-state index < -0.39 is 0 Å². The zero-order chi connectivity index (χ0) is 14.5. The molecule has 2 aromatic rings. The smallest absolute Gasteiger partial charge is 0.255 e. The third kappa shape index (κ3) is 2.90. The lowest BCUT2D eigenvalue weighted by Crippen LogP contribution is -2.24. The molecule has 1 N–H and O–H groups in total. The number of rotatable bonds is 5. The van der Waals surface area contributed by atoms with Gasteiger partial charge in [0.05, 0.1) is 32.0 Å². The lowest BCUT2D eigenvalue weighted by atomic mass is 10.1. The quantitative estimate of drug-likeness (QED) is 0.895. The maximum atomic E-state index is 12.2. The molecule has 0 aliphatic heterocycles. The number of hydrogen-bond acceptors (Lipinski definition) is 4. The topological polar surface area (TPSA) is 65.4 Å². The summed E-state index contributed by atoms with van der Waals surface area (Å²) in [4.78, 5) is 12.2. The van der Waals surface area contributed by atoms with Gasteiger partial charge in [-0.25, -0.2) is 0 Å². The van der Waals surface area contributed by atoms with Crippen molar-refractivity contribution in [1.82, 2.24) is 15.1 Å². The Kier molecular flexibility index (Phi) is 4.24. The van der Waals surface area contributed by atoms with Crippen LogP contribution in [0, 0.1) is 0 Å². The van der Waals surface area contributed by atoms with E-state index >= 15 is 0 Å². The first kappa shape index (κ1) is 13.9. The summed E-state index contributed by atoms with van der Waals surface area (Å²) in [6.07, 6.45) is 1.69. The molecular weight excluding hydrogens is 258 g/mol. The van der Waals surface area contributed by atoms with Gasteiger partial charge in [0, 0.05) is 19.3 Å². The Labute approximate surface area is 117 Å². The molecule has 0 fully saturated rings. The Bertz CT molecular complexity index is 607. The molecule has 0 spiro atoms. The lowest BCUT2D eigenvalue weighted by Gasteiger charge is -2.11. The van der Waals surface area contributed by atoms with Crippen LogP contribution in [0.4, 0.5) is 0 Å². The van der Waals surface area contributed by atoms with Gasteiger partial charge in [-0.1, -0.05) is 0 Å². The molecule has 6 heteroatoms. The van der Waals surface area contributed by atoms with Gasteiger partial charge in [0.1, 0.15) is 11.5 Å². The van der Waals surface area contributed by atoms with Crippen molar-refractivity contribution in [2.75, 3.05) is 14.2 Å². The number of methoxy groups -OCH3 is 2. The summed E-state index contributed by atoms with van der Waals surface area (Å²) in [6.45, 7) is 0.407. The molecule has 0 unspecified atom stereocenters. The first-order valence-electron chi connectivity index (χ1n) is 6.13. The van der Waals surface area contributed by atoms with Crippen molar-refractivity contribution in [3.8, 4) is 11.5 Å². The zero-order valence-electron chi connectivity index (χ0n) is 11.7. The average molecular weight is 275 g/mol. The Hall–Kier alpha value is -2.50. The van der Waals surface area contributed by atoms with Crippen molar-refractivity contribution in [2.45, 2.75) is 6.54 Å². The van der Waals surface area contributed by atoms with E-state index in [1.54, 1.807) is 36.2 Å². The van der Waals surface area contributed by atoms with Crippen LogP contribution in [0.15, 0.2) is 30.5 Å². The molecule has 1 aromatic carbocycles. The number of aryl methyl sites for hydroxylation is 1. The summed E-state index contributed by atoms with van der Waals surface area (Å²) >= 11 is 0. The maximum Gasteiger partial charge on any atom is 0.255 e. The van der Waals surface area contributed by atoms with Gasteiger partial charge < -0.3 is 14.8 Å². The number of ether oxygens (including phenoxy) is 2. The maximum absolute atomic E-state index is 12.2. The first-order valence-corrected chi connectivity index (χ1v) is 6.13. The van der Waals surface area contributed by atoms with Crippen LogP contribution in [0.3, 0.4) is 0 Å². The largest absolute Gasteiger partial charge is 0.497 e. The predicted octanol–water partition coefficient (Wildman–Crippen LogP) is 1.37. The second-order valence-corrected chi connectivity index (χ2v) is 4.20. The number of aromatic nitrogens is 2. The van der Waals surface area contributed by atoms with Crippen molar-refractivity contribution < 1.29 is 14.3 Å². The Balaban J connectivity index is 2.11. The predicted molar refractivity (Wildman–Crippen MR) is 73.9 cm³/mol. The van der Waals surface area contributed by atoms with Crippen LogP contribution >= 0.6 is 0 Å². The van der Waals surface area contributed by atoms with Gasteiger partial charge in [-0.05, 0) is 18.2 Å². The molecule has 0 atom stereocenters. The molecule has 0 saturated heterocycles. The molecule has 1 amide bonds. The van der Waals surface area contributed by atoms with Gasteiger partial charge in [-0.2, -0.15) is 5.10 Å². The second-order valence-electron chi connectivity index (χ2n) is 4.20. The minimum atomic E-state index is -0.203. The van der Waals surface area contributed by atoms with E-state index in [2.05, 4.69) is 10.4 Å². The van der Waals surface area contributed by atoms with E-state index in [9.17, 15) is 4.79 Å². The molecular formula is C14H17N3O3. The molecule has 0 bridgehead atoms. The molecule has 20 heavy (non-hydrogen) atoms. The summed E-state index contributed by atoms with van der Waals surface area (Å²) < 4.78 is 12.0. The highest BCUT2D eigenvalue weighted by Gasteiger charge is 2.13. The van der Waals surface area contributed by atoms with Gasteiger partial charge in [0.25, 0.3) is 5.91 Å². The summed E-state index contributed by atoms with van der Waals surface area (Å²) in [5.41, 5.74) is 1.39. The fraction of sp³-hybridized carbons (Fsp3) is 0.286. The number of amides is 1. The van der Waals surface area contributed by atoms with Crippen LogP contribution in [0.1, 0.15) is 16.1 Å². The molecule has 6 nitrogen and oxygen atoms in total. The van der Waals surface area contributed by atoms with Crippen LogP contribution in [0.5, 0.6) is 11.5 Å². The number of carbonyl (C=O) groups excluding carboxylic acids is 1. The van der Waals surface area contributed by atoms with Gasteiger partial charge in [-0.3, -0.25) is 9.48 Å². The summed E-state index contributed by atoms with van der Waals surface area (Å²) in [5.74, 6) is 0.919. The fourth-order valence-corrected chi connectivity index (χ4v) is 1.83. The van der Waals surface area contributed by atoms with Crippen molar-refractivity contribution in [3.05, 3.63) is 41.7 Å². The van der Waals surface area contributed by atoms with Crippen LogP contribution in [0.2, 0.25) is 0 Å². The third-order valence-corrected chi connectivity index (χ3v) is 3.01. The Morgan fingerprint density at radius 1 is 1.30 bits per heavy atom. The minimum Gasteiger partial charge on any atom is -0.497 e. The number of nitrogens with zero attached hydrogens (tertiary/aromatic N) is 2. The Morgan fingerprint density at radius 2 is 2.10 bits per heavy atom. The van der Waals surface area contributed by atoms with Crippen LogP contribution in [-0.4, -0.2) is 29.9 Å². The van der Waals surface area contributed by atoms with Gasteiger partial charge in [0.15, 0.2) is 0 Å². The zero-order valence-corrected chi connectivity index (χ0v) is 11.7. The normalized spacial score (nSPS) is 10.2. The Morgan fingerprint density at radius 3 is 2.70 bits per heavy atom. The van der Waals surface area contributed by atoms with Crippen molar-refractivity contribution in [2.24, 2.45) is 7.05 Å². The highest BCUT2D eigenvalue weighted by atomic mass is 16.5. The van der Waals surface area contributed by atoms with Crippen molar-refractivity contribution in [3.63, 3.8) is 0 Å². The van der Waals surface area contributed by atoms with E-state index in [-0.39, 0.29) is 5.91 Å². The molecule has 0 saturated carbocycles. The summed E-state index contributed by atoms with van der Waals surface area (Å²) in [5, 5.41) is 6.88. The minimum absolute atomic E-state index is 0.203. The van der Waals surface area contributed by atoms with Crippen molar-refractivity contribution in [1.29, 1.82) is 0 Å². The molecule has 1 heterocycles. The lowest BCUT2D eigenvalue weighted by molar-refractivity contribution is 0.0947. The van der Waals surface area contributed by atoms with Crippen LogP contribution in [-0.2, 0) is 13.6 Å². The number of hydrogen-bond donors (Lipinski definition) is 1. The molecule has 2 rings (SSSR count). The third-order valence-electron chi connectivity index (χ3n) is 3.01. The monoisotopic (exact) mass is 275 g/mol. The average Bonchev–Trinajstić information content (AvgIpc) is 2.89. The van der Waals surface area contributed by atoms with Crippen LogP contribution in [0.25, 0.3) is 0 Å². The van der Waals surface area contributed by atoms with Gasteiger partial charge in [-0.15, -0.1) is 0 Å². The molecule has 0 aliphatic carbocycles. The molecule has 0 radical (unpaired) electrons. The van der Waals surface area contributed by atoms with Gasteiger partial charge >= 0.3 is 0 Å². The van der Waals surface area contributed by atoms with Crippen molar-refractivity contribution >= 4 is 5.91 Å². The van der Waals surface area contributed by atoms with E-state index in [4.69, 9.17) is 9.47 Å². The molecule has 1 aromatic heterocycles.